The highest BCUT2D eigenvalue weighted by Gasteiger charge is 2.13. The number of carbonyl (C=O) groups excluding carboxylic acids is 1. The Morgan fingerprint density at radius 1 is 1.00 bits per heavy atom. The van der Waals surface area contributed by atoms with Crippen LogP contribution >= 0.6 is 0 Å². The molecule has 0 unspecified atom stereocenters. The Morgan fingerprint density at radius 3 is 2.38 bits per heavy atom. The van der Waals surface area contributed by atoms with Gasteiger partial charge in [0.05, 0.1) is 26.0 Å². The molecule has 0 spiro atoms. The van der Waals surface area contributed by atoms with Crippen molar-refractivity contribution in [1.82, 2.24) is 5.43 Å². The first-order valence-corrected chi connectivity index (χ1v) is 7.90. The number of aromatic hydroxyl groups is 1. The summed E-state index contributed by atoms with van der Waals surface area (Å²) >= 11 is 0. The van der Waals surface area contributed by atoms with E-state index < -0.39 is 5.91 Å². The molecule has 6 heteroatoms. The van der Waals surface area contributed by atoms with Gasteiger partial charge in [-0.05, 0) is 35.0 Å². The Hall–Kier alpha value is -3.54. The van der Waals surface area contributed by atoms with Gasteiger partial charge in [-0.1, -0.05) is 30.3 Å². The van der Waals surface area contributed by atoms with Gasteiger partial charge in [0.25, 0.3) is 5.91 Å². The number of phenolic OH excluding ortho intramolecular Hbond substituents is 1. The van der Waals surface area contributed by atoms with E-state index in [4.69, 9.17) is 9.47 Å². The van der Waals surface area contributed by atoms with Gasteiger partial charge >= 0.3 is 0 Å². The highest BCUT2D eigenvalue weighted by atomic mass is 16.5. The van der Waals surface area contributed by atoms with Crippen LogP contribution in [0.5, 0.6) is 17.2 Å². The maximum Gasteiger partial charge on any atom is 0.275 e. The molecular weight excluding hydrogens is 332 g/mol. The van der Waals surface area contributed by atoms with Crippen LogP contribution in [0.3, 0.4) is 0 Å². The van der Waals surface area contributed by atoms with Gasteiger partial charge in [0.2, 0.25) is 0 Å². The molecule has 6 nitrogen and oxygen atoms in total. The Labute approximate surface area is 150 Å². The monoisotopic (exact) mass is 350 g/mol. The number of fused-ring (bicyclic) bond motifs is 1. The Kier molecular flexibility index (Phi) is 5.03. The van der Waals surface area contributed by atoms with E-state index >= 15 is 0 Å². The van der Waals surface area contributed by atoms with Crippen LogP contribution < -0.4 is 14.9 Å². The first kappa shape index (κ1) is 17.3. The van der Waals surface area contributed by atoms with Crippen LogP contribution in [-0.2, 0) is 0 Å². The molecule has 0 aliphatic carbocycles. The summed E-state index contributed by atoms with van der Waals surface area (Å²) in [6.45, 7) is 0. The number of nitrogens with one attached hydrogen (secondary N) is 1. The lowest BCUT2D eigenvalue weighted by molar-refractivity contribution is 0.0952. The minimum absolute atomic E-state index is 0.0451. The zero-order valence-corrected chi connectivity index (χ0v) is 14.4. The van der Waals surface area contributed by atoms with E-state index in [0.717, 1.165) is 10.8 Å². The zero-order chi connectivity index (χ0) is 18.5. The number of methoxy groups -OCH3 is 2. The fraction of sp³-hybridized carbons (Fsp3) is 0.100. The number of para-hydroxylation sites is 1. The summed E-state index contributed by atoms with van der Waals surface area (Å²) in [6, 6.07) is 16.3. The molecule has 0 saturated heterocycles. The van der Waals surface area contributed by atoms with Gasteiger partial charge in [0.1, 0.15) is 5.75 Å². The number of rotatable bonds is 5. The Balaban J connectivity index is 1.83. The molecule has 0 heterocycles. The van der Waals surface area contributed by atoms with Crippen LogP contribution in [0.2, 0.25) is 0 Å². The van der Waals surface area contributed by atoms with Gasteiger partial charge in [-0.25, -0.2) is 5.43 Å². The molecule has 2 N–H and O–H groups in total. The number of hydrogen-bond donors (Lipinski definition) is 2. The molecule has 3 aromatic rings. The molecule has 0 fully saturated rings. The van der Waals surface area contributed by atoms with Crippen molar-refractivity contribution in [2.24, 2.45) is 5.10 Å². The van der Waals surface area contributed by atoms with Crippen LogP contribution in [0, 0.1) is 0 Å². The molecule has 0 aromatic heterocycles. The number of amides is 1. The molecule has 0 bridgehead atoms. The molecule has 0 saturated carbocycles. The summed E-state index contributed by atoms with van der Waals surface area (Å²) in [6.07, 6.45) is 1.35. The number of hydrogen-bond acceptors (Lipinski definition) is 5. The fourth-order valence-electron chi connectivity index (χ4n) is 2.59. The van der Waals surface area contributed by atoms with Gasteiger partial charge in [-0.15, -0.1) is 0 Å². The number of ether oxygens (including phenoxy) is 2. The first-order valence-electron chi connectivity index (χ1n) is 7.90. The smallest absolute Gasteiger partial charge is 0.275 e. The lowest BCUT2D eigenvalue weighted by atomic mass is 10.1. The van der Waals surface area contributed by atoms with E-state index in [9.17, 15) is 9.90 Å². The van der Waals surface area contributed by atoms with E-state index in [-0.39, 0.29) is 5.75 Å². The second-order valence-electron chi connectivity index (χ2n) is 5.50. The zero-order valence-electron chi connectivity index (χ0n) is 14.4. The second-order valence-corrected chi connectivity index (χ2v) is 5.50. The van der Waals surface area contributed by atoms with Crippen molar-refractivity contribution in [3.8, 4) is 17.2 Å². The minimum atomic E-state index is -0.411. The molecule has 3 rings (SSSR count). The molecular formula is C20H18N2O4. The summed E-state index contributed by atoms with van der Waals surface area (Å²) in [5.74, 6) is 0.333. The van der Waals surface area contributed by atoms with E-state index in [1.807, 2.05) is 30.3 Å². The van der Waals surface area contributed by atoms with Crippen molar-refractivity contribution in [2.75, 3.05) is 14.2 Å². The number of nitrogens with zero attached hydrogens (tertiary/aromatic N) is 1. The van der Waals surface area contributed by atoms with E-state index in [2.05, 4.69) is 10.5 Å². The first-order chi connectivity index (χ1) is 12.6. The van der Waals surface area contributed by atoms with Gasteiger partial charge < -0.3 is 14.6 Å². The third-order valence-electron chi connectivity index (χ3n) is 3.93. The lowest BCUT2D eigenvalue weighted by Gasteiger charge is -2.09. The number of carbonyl (C=O) groups is 1. The molecule has 26 heavy (non-hydrogen) atoms. The summed E-state index contributed by atoms with van der Waals surface area (Å²) in [4.78, 5) is 12.5. The third kappa shape index (κ3) is 3.44. The third-order valence-corrected chi connectivity index (χ3v) is 3.93. The van der Waals surface area contributed by atoms with Crippen LogP contribution in [0.1, 0.15) is 15.9 Å². The average Bonchev–Trinajstić information content (AvgIpc) is 2.68. The summed E-state index contributed by atoms with van der Waals surface area (Å²) in [5.41, 5.74) is 3.25. The van der Waals surface area contributed by atoms with E-state index in [1.165, 1.54) is 20.4 Å². The number of hydrazone groups is 1. The normalized spacial score (nSPS) is 10.8. The molecule has 0 aliphatic rings. The SMILES string of the molecule is COc1cc2ccccc2cc1C(=O)NN=Cc1cccc(OC)c1O. The molecule has 3 aromatic carbocycles. The predicted octanol–water partition coefficient (Wildman–Crippen LogP) is 3.33. The summed E-state index contributed by atoms with van der Waals surface area (Å²) in [7, 11) is 2.97. The van der Waals surface area contributed by atoms with E-state index in [0.29, 0.717) is 22.6 Å². The van der Waals surface area contributed by atoms with Crippen LogP contribution in [0.4, 0.5) is 0 Å². The highest BCUT2D eigenvalue weighted by Crippen LogP contribution is 2.28. The van der Waals surface area contributed by atoms with Crippen molar-refractivity contribution < 1.29 is 19.4 Å². The molecule has 0 aliphatic heterocycles. The Bertz CT molecular complexity index is 983. The van der Waals surface area contributed by atoms with Gasteiger partial charge in [-0.2, -0.15) is 5.10 Å². The Morgan fingerprint density at radius 2 is 1.69 bits per heavy atom. The standard InChI is InChI=1S/C20H18N2O4/c1-25-17-9-5-8-15(19(17)23)12-21-22-20(24)16-10-13-6-3-4-7-14(13)11-18(16)26-2/h3-12,23H,1-2H3,(H,22,24). The largest absolute Gasteiger partial charge is 0.504 e. The maximum atomic E-state index is 12.5. The topological polar surface area (TPSA) is 80.2 Å². The highest BCUT2D eigenvalue weighted by molar-refractivity contribution is 6.02. The summed E-state index contributed by atoms with van der Waals surface area (Å²) in [5, 5.41) is 15.8. The van der Waals surface area contributed by atoms with Crippen molar-refractivity contribution >= 4 is 22.9 Å². The van der Waals surface area contributed by atoms with Crippen molar-refractivity contribution in [3.05, 3.63) is 65.7 Å². The van der Waals surface area contributed by atoms with Crippen LogP contribution in [0.15, 0.2) is 59.7 Å². The van der Waals surface area contributed by atoms with Crippen molar-refractivity contribution in [1.29, 1.82) is 0 Å². The molecule has 0 atom stereocenters. The van der Waals surface area contributed by atoms with Crippen molar-refractivity contribution in [2.45, 2.75) is 0 Å². The minimum Gasteiger partial charge on any atom is -0.504 e. The fourth-order valence-corrected chi connectivity index (χ4v) is 2.59. The van der Waals surface area contributed by atoms with Crippen LogP contribution in [-0.4, -0.2) is 31.4 Å². The van der Waals surface area contributed by atoms with Gasteiger partial charge in [0.15, 0.2) is 11.5 Å². The maximum absolute atomic E-state index is 12.5. The van der Waals surface area contributed by atoms with Gasteiger partial charge in [-0.3, -0.25) is 4.79 Å². The summed E-state index contributed by atoms with van der Waals surface area (Å²) < 4.78 is 10.4. The van der Waals surface area contributed by atoms with E-state index in [1.54, 1.807) is 24.3 Å². The predicted molar refractivity (Wildman–Crippen MR) is 100 cm³/mol. The van der Waals surface area contributed by atoms with Crippen LogP contribution in [0.25, 0.3) is 10.8 Å². The van der Waals surface area contributed by atoms with Gasteiger partial charge in [0, 0.05) is 5.56 Å². The quantitative estimate of drug-likeness (QED) is 0.546. The lowest BCUT2D eigenvalue weighted by Crippen LogP contribution is -2.18. The second kappa shape index (κ2) is 7.57. The number of benzene rings is 3. The molecule has 0 radical (unpaired) electrons. The average molecular weight is 350 g/mol. The molecule has 132 valence electrons. The molecule has 1 amide bonds. The van der Waals surface area contributed by atoms with Crippen molar-refractivity contribution in [3.63, 3.8) is 0 Å². The number of phenols is 1.